The van der Waals surface area contributed by atoms with Gasteiger partial charge in [-0.15, -0.1) is 0 Å². The highest BCUT2D eigenvalue weighted by molar-refractivity contribution is 5.67. The van der Waals surface area contributed by atoms with E-state index in [4.69, 9.17) is 13.0 Å². The zero-order chi connectivity index (χ0) is 17.2. The summed E-state index contributed by atoms with van der Waals surface area (Å²) in [6, 6.07) is -1.02. The fourth-order valence-electron chi connectivity index (χ4n) is 0.873. The molecule has 0 unspecified atom stereocenters. The van der Waals surface area contributed by atoms with Crippen molar-refractivity contribution in [2.75, 3.05) is 6.56 Å². The molecule has 90 valence electrons. The standard InChI is InChI=1S/C11H23NO3/c1-8(7-13)6-9(2)12-10(14)15-11(3,4)5/h8-9,13H,6-7H2,1-5H3,(H,12,14)/t8-,9+/m0/s1/i1+0D3,6D,7D2/t6-,8-,9+. The first-order valence-electron chi connectivity index (χ1n) is 7.77. The van der Waals surface area contributed by atoms with Gasteiger partial charge in [0.1, 0.15) is 5.60 Å². The summed E-state index contributed by atoms with van der Waals surface area (Å²) >= 11 is 0. The van der Waals surface area contributed by atoms with Crippen molar-refractivity contribution in [3.63, 3.8) is 0 Å². The monoisotopic (exact) mass is 223 g/mol. The van der Waals surface area contributed by atoms with Crippen LogP contribution in [0.4, 0.5) is 4.79 Å². The van der Waals surface area contributed by atoms with Crippen LogP contribution in [0.15, 0.2) is 0 Å². The minimum absolute atomic E-state index is 0.754. The average Bonchev–Trinajstić information content (AvgIpc) is 2.08. The third-order valence-corrected chi connectivity index (χ3v) is 1.36. The van der Waals surface area contributed by atoms with Gasteiger partial charge in [-0.1, -0.05) is 6.85 Å². The molecule has 4 heteroatoms. The fraction of sp³-hybridized carbons (Fsp3) is 0.909. The minimum Gasteiger partial charge on any atom is -0.444 e. The highest BCUT2D eigenvalue weighted by atomic mass is 16.6. The molecule has 4 nitrogen and oxygen atoms in total. The Hall–Kier alpha value is -0.770. The number of hydrogen-bond acceptors (Lipinski definition) is 3. The van der Waals surface area contributed by atoms with Gasteiger partial charge in [-0.2, -0.15) is 0 Å². The van der Waals surface area contributed by atoms with Crippen LogP contribution in [-0.2, 0) is 4.74 Å². The average molecular weight is 223 g/mol. The van der Waals surface area contributed by atoms with E-state index in [9.17, 15) is 9.90 Å². The maximum atomic E-state index is 11.6. The van der Waals surface area contributed by atoms with Gasteiger partial charge in [-0.3, -0.25) is 0 Å². The molecule has 0 aliphatic heterocycles. The zero-order valence-corrected chi connectivity index (χ0v) is 9.50. The number of carbonyl (C=O) groups excluding carboxylic acids is 1. The van der Waals surface area contributed by atoms with Crippen molar-refractivity contribution >= 4 is 6.09 Å². The van der Waals surface area contributed by atoms with E-state index in [0.717, 1.165) is 0 Å². The first-order valence-corrected chi connectivity index (χ1v) is 4.70. The molecule has 2 N–H and O–H groups in total. The van der Waals surface area contributed by atoms with Gasteiger partial charge >= 0.3 is 6.09 Å². The molecular formula is C11H23NO3. The van der Waals surface area contributed by atoms with Crippen LogP contribution in [0.5, 0.6) is 0 Å². The fourth-order valence-corrected chi connectivity index (χ4v) is 0.873. The van der Waals surface area contributed by atoms with Crippen molar-refractivity contribution < 1.29 is 22.9 Å². The summed E-state index contributed by atoms with van der Waals surface area (Å²) in [5.41, 5.74) is -0.754. The van der Waals surface area contributed by atoms with Crippen LogP contribution in [0.25, 0.3) is 0 Å². The van der Waals surface area contributed by atoms with Gasteiger partial charge in [0.15, 0.2) is 0 Å². The Morgan fingerprint density at radius 3 is 2.67 bits per heavy atom. The molecule has 0 rings (SSSR count). The lowest BCUT2D eigenvalue weighted by Crippen LogP contribution is -2.38. The van der Waals surface area contributed by atoms with Gasteiger partial charge in [0, 0.05) is 18.1 Å². The summed E-state index contributed by atoms with van der Waals surface area (Å²) in [5, 5.41) is 11.6. The predicted octanol–water partition coefficient (Wildman–Crippen LogP) is 1.92. The van der Waals surface area contributed by atoms with E-state index >= 15 is 0 Å². The van der Waals surface area contributed by atoms with Crippen LogP contribution in [0.1, 0.15) is 49.2 Å². The summed E-state index contributed by atoms with van der Waals surface area (Å²) in [6.45, 7) is 0.342. The van der Waals surface area contributed by atoms with Crippen LogP contribution in [0, 0.1) is 5.92 Å². The minimum atomic E-state index is -3.07. The molecule has 3 atom stereocenters. The second-order valence-corrected chi connectivity index (χ2v) is 4.23. The number of carbonyl (C=O) groups is 1. The molecule has 0 bridgehead atoms. The van der Waals surface area contributed by atoms with E-state index in [1.807, 2.05) is 0 Å². The summed E-state index contributed by atoms with van der Waals surface area (Å²) in [7, 11) is 0. The van der Waals surface area contributed by atoms with Crippen molar-refractivity contribution in [3.8, 4) is 0 Å². The van der Waals surface area contributed by atoms with Gasteiger partial charge in [-0.25, -0.2) is 4.79 Å². The van der Waals surface area contributed by atoms with E-state index in [-0.39, 0.29) is 0 Å². The third-order valence-electron chi connectivity index (χ3n) is 1.36. The maximum Gasteiger partial charge on any atom is 0.407 e. The molecule has 0 saturated carbocycles. The molecule has 0 saturated heterocycles. The molecule has 0 fully saturated rings. The van der Waals surface area contributed by atoms with Crippen LogP contribution in [0.3, 0.4) is 0 Å². The number of ether oxygens (including phenoxy) is 1. The predicted molar refractivity (Wildman–Crippen MR) is 59.7 cm³/mol. The van der Waals surface area contributed by atoms with Crippen molar-refractivity contribution in [3.05, 3.63) is 0 Å². The van der Waals surface area contributed by atoms with Gasteiger partial charge in [0.2, 0.25) is 0 Å². The first-order chi connectivity index (χ1) is 9.05. The van der Waals surface area contributed by atoms with Crippen LogP contribution >= 0.6 is 0 Å². The lowest BCUT2D eigenvalue weighted by molar-refractivity contribution is 0.0499. The van der Waals surface area contributed by atoms with Gasteiger partial charge < -0.3 is 15.2 Å². The molecule has 0 aromatic heterocycles. The smallest absolute Gasteiger partial charge is 0.407 e. The zero-order valence-electron chi connectivity index (χ0n) is 15.5. The molecule has 0 aliphatic carbocycles. The van der Waals surface area contributed by atoms with Crippen molar-refractivity contribution in [2.45, 2.75) is 52.6 Å². The summed E-state index contributed by atoms with van der Waals surface area (Å²) in [4.78, 5) is 11.6. The number of aliphatic hydroxyl groups is 1. The van der Waals surface area contributed by atoms with E-state index in [0.29, 0.717) is 0 Å². The molecule has 0 spiro atoms. The Kier molecular flexibility index (Phi) is 2.67. The van der Waals surface area contributed by atoms with E-state index in [2.05, 4.69) is 5.32 Å². The Morgan fingerprint density at radius 2 is 2.27 bits per heavy atom. The normalized spacial score (nSPS) is 25.4. The van der Waals surface area contributed by atoms with Crippen LogP contribution in [0.2, 0.25) is 0 Å². The van der Waals surface area contributed by atoms with Crippen molar-refractivity contribution in [1.82, 2.24) is 5.32 Å². The van der Waals surface area contributed by atoms with E-state index in [1.54, 1.807) is 20.8 Å². The van der Waals surface area contributed by atoms with Gasteiger partial charge in [-0.05, 0) is 40.0 Å². The lowest BCUT2D eigenvalue weighted by Gasteiger charge is -2.22. The van der Waals surface area contributed by atoms with Crippen molar-refractivity contribution in [1.29, 1.82) is 0 Å². The molecule has 0 aromatic rings. The summed E-state index contributed by atoms with van der Waals surface area (Å²) in [6.07, 6.45) is -2.42. The second-order valence-electron chi connectivity index (χ2n) is 4.23. The third kappa shape index (κ3) is 8.24. The maximum absolute atomic E-state index is 11.6. The lowest BCUT2D eigenvalue weighted by atomic mass is 10.0. The Labute approximate surface area is 100 Å². The number of rotatable bonds is 4. The number of alkyl carbamates (subject to hydrolysis) is 1. The number of hydrogen-bond donors (Lipinski definition) is 2. The molecular weight excluding hydrogens is 194 g/mol. The highest BCUT2D eigenvalue weighted by Gasteiger charge is 2.18. The number of amides is 1. The highest BCUT2D eigenvalue weighted by Crippen LogP contribution is 2.08. The molecule has 1 amide bonds. The molecule has 0 heterocycles. The Balaban J connectivity index is 4.96. The molecule has 0 aliphatic rings. The second kappa shape index (κ2) is 5.95. The van der Waals surface area contributed by atoms with Crippen LogP contribution < -0.4 is 5.32 Å². The van der Waals surface area contributed by atoms with Gasteiger partial charge in [0.05, 0.1) is 2.74 Å². The summed E-state index contributed by atoms with van der Waals surface area (Å²) in [5.74, 6) is -1.96. The quantitative estimate of drug-likeness (QED) is 0.765. The Morgan fingerprint density at radius 1 is 1.67 bits per heavy atom. The largest absolute Gasteiger partial charge is 0.444 e. The van der Waals surface area contributed by atoms with Crippen LogP contribution in [-0.4, -0.2) is 29.4 Å². The van der Waals surface area contributed by atoms with E-state index in [1.165, 1.54) is 6.92 Å². The SMILES string of the molecule is [2H][C@H]([C@@H](C)NC(=O)OC(C)(C)C)[C@@H](C([2H])([2H])O)[12C]([2H])([2H])[2H]. The first kappa shape index (κ1) is 6.74. The molecule has 15 heavy (non-hydrogen) atoms. The topological polar surface area (TPSA) is 58.6 Å². The molecule has 0 aromatic carbocycles. The summed E-state index contributed by atoms with van der Waals surface area (Å²) < 4.78 is 49.0. The number of nitrogens with one attached hydrogen (secondary N) is 1. The van der Waals surface area contributed by atoms with Gasteiger partial charge in [0.25, 0.3) is 0 Å². The Bertz CT molecular complexity index is 346. The van der Waals surface area contributed by atoms with E-state index < -0.39 is 43.5 Å². The molecule has 0 radical (unpaired) electrons. The van der Waals surface area contributed by atoms with Crippen molar-refractivity contribution in [2.24, 2.45) is 5.92 Å².